The molecule has 1 saturated carbocycles. The first-order chi connectivity index (χ1) is 8.33. The Bertz CT molecular complexity index is 255. The van der Waals surface area contributed by atoms with Gasteiger partial charge in [-0.2, -0.15) is 11.8 Å². The van der Waals surface area contributed by atoms with E-state index in [-0.39, 0.29) is 5.60 Å². The minimum Gasteiger partial charge on any atom is -0.375 e. The lowest BCUT2D eigenvalue weighted by molar-refractivity contribution is -0.108. The molecule has 2 saturated heterocycles. The van der Waals surface area contributed by atoms with Gasteiger partial charge in [0.1, 0.15) is 0 Å². The largest absolute Gasteiger partial charge is 0.375 e. The first-order valence-electron chi connectivity index (χ1n) is 7.22. The van der Waals surface area contributed by atoms with Gasteiger partial charge in [-0.05, 0) is 68.9 Å². The summed E-state index contributed by atoms with van der Waals surface area (Å²) in [6.07, 6.45) is 8.06. The van der Waals surface area contributed by atoms with Crippen molar-refractivity contribution in [2.75, 3.05) is 25.2 Å². The topological polar surface area (TPSA) is 21.3 Å². The zero-order chi connectivity index (χ0) is 11.7. The highest BCUT2D eigenvalue weighted by atomic mass is 32.2. The van der Waals surface area contributed by atoms with E-state index in [2.05, 4.69) is 24.1 Å². The molecule has 2 aliphatic heterocycles. The standard InChI is InChI=1S/C14H25NOS/c1-15-13(11-2-3-11)12-4-7-16-14(10-12)5-8-17-9-6-14/h11-13,15H,2-10H2,1H3. The number of hydrogen-bond donors (Lipinski definition) is 1. The van der Waals surface area contributed by atoms with E-state index in [4.69, 9.17) is 4.74 Å². The molecule has 0 bridgehead atoms. The van der Waals surface area contributed by atoms with Crippen LogP contribution in [0.5, 0.6) is 0 Å². The van der Waals surface area contributed by atoms with E-state index >= 15 is 0 Å². The lowest BCUT2D eigenvalue weighted by Gasteiger charge is -2.45. The van der Waals surface area contributed by atoms with Crippen LogP contribution in [0.2, 0.25) is 0 Å². The molecule has 0 aromatic rings. The van der Waals surface area contributed by atoms with Crippen LogP contribution in [-0.4, -0.2) is 36.8 Å². The average Bonchev–Trinajstić information content (AvgIpc) is 3.16. The zero-order valence-electron chi connectivity index (χ0n) is 10.9. The second kappa shape index (κ2) is 5.10. The SMILES string of the molecule is CNC(C1CC1)C1CCOC2(CCSCC2)C1. The van der Waals surface area contributed by atoms with Gasteiger partial charge in [0.2, 0.25) is 0 Å². The van der Waals surface area contributed by atoms with Gasteiger partial charge in [-0.1, -0.05) is 0 Å². The maximum Gasteiger partial charge on any atom is 0.0701 e. The summed E-state index contributed by atoms with van der Waals surface area (Å²) in [5, 5.41) is 3.59. The van der Waals surface area contributed by atoms with Gasteiger partial charge in [0, 0.05) is 12.6 Å². The van der Waals surface area contributed by atoms with Crippen LogP contribution in [0.15, 0.2) is 0 Å². The molecule has 3 heteroatoms. The maximum absolute atomic E-state index is 6.19. The maximum atomic E-state index is 6.19. The van der Waals surface area contributed by atoms with Gasteiger partial charge < -0.3 is 10.1 Å². The molecular formula is C14H25NOS. The molecule has 0 radical (unpaired) electrons. The molecule has 0 amide bonds. The summed E-state index contributed by atoms with van der Waals surface area (Å²) in [5.74, 6) is 4.45. The third-order valence-corrected chi connectivity index (χ3v) is 5.89. The van der Waals surface area contributed by atoms with Gasteiger partial charge in [-0.15, -0.1) is 0 Å². The first kappa shape index (κ1) is 12.3. The Kier molecular flexibility index (Phi) is 3.69. The molecular weight excluding hydrogens is 230 g/mol. The Morgan fingerprint density at radius 2 is 1.94 bits per heavy atom. The van der Waals surface area contributed by atoms with Crippen LogP contribution < -0.4 is 5.32 Å². The minimum atomic E-state index is 0.262. The number of ether oxygens (including phenoxy) is 1. The highest BCUT2D eigenvalue weighted by molar-refractivity contribution is 7.99. The van der Waals surface area contributed by atoms with Crippen LogP contribution in [0.25, 0.3) is 0 Å². The van der Waals surface area contributed by atoms with E-state index in [9.17, 15) is 0 Å². The van der Waals surface area contributed by atoms with Crippen molar-refractivity contribution in [3.8, 4) is 0 Å². The van der Waals surface area contributed by atoms with Crippen LogP contribution in [0.3, 0.4) is 0 Å². The van der Waals surface area contributed by atoms with E-state index < -0.39 is 0 Å². The fourth-order valence-corrected chi connectivity index (χ4v) is 5.01. The molecule has 2 heterocycles. The molecule has 3 fully saturated rings. The highest BCUT2D eigenvalue weighted by Gasteiger charge is 2.44. The molecule has 1 spiro atoms. The van der Waals surface area contributed by atoms with E-state index in [1.807, 2.05) is 0 Å². The normalized spacial score (nSPS) is 34.8. The quantitative estimate of drug-likeness (QED) is 0.838. The molecule has 98 valence electrons. The molecule has 1 aliphatic carbocycles. The molecule has 2 nitrogen and oxygen atoms in total. The molecule has 0 aromatic carbocycles. The Morgan fingerprint density at radius 3 is 2.59 bits per heavy atom. The van der Waals surface area contributed by atoms with Gasteiger partial charge >= 0.3 is 0 Å². The van der Waals surface area contributed by atoms with Gasteiger partial charge in [0.25, 0.3) is 0 Å². The zero-order valence-corrected chi connectivity index (χ0v) is 11.7. The van der Waals surface area contributed by atoms with Crippen LogP contribution in [0, 0.1) is 11.8 Å². The van der Waals surface area contributed by atoms with E-state index in [0.29, 0.717) is 0 Å². The lowest BCUT2D eigenvalue weighted by Crippen LogP contribution is -2.48. The van der Waals surface area contributed by atoms with Crippen LogP contribution in [0.4, 0.5) is 0 Å². The second-order valence-corrected chi connectivity index (χ2v) is 7.27. The van der Waals surface area contributed by atoms with Gasteiger partial charge in [-0.25, -0.2) is 0 Å². The number of hydrogen-bond acceptors (Lipinski definition) is 3. The first-order valence-corrected chi connectivity index (χ1v) is 8.37. The van der Waals surface area contributed by atoms with Gasteiger partial charge in [-0.3, -0.25) is 0 Å². The smallest absolute Gasteiger partial charge is 0.0701 e. The molecule has 2 unspecified atom stereocenters. The molecule has 17 heavy (non-hydrogen) atoms. The van der Waals surface area contributed by atoms with Crippen molar-refractivity contribution >= 4 is 11.8 Å². The van der Waals surface area contributed by atoms with Crippen molar-refractivity contribution in [1.82, 2.24) is 5.32 Å². The van der Waals surface area contributed by atoms with Crippen molar-refractivity contribution in [3.63, 3.8) is 0 Å². The number of nitrogens with one attached hydrogen (secondary N) is 1. The fraction of sp³-hybridized carbons (Fsp3) is 1.00. The molecule has 1 N–H and O–H groups in total. The number of rotatable bonds is 3. The summed E-state index contributed by atoms with van der Waals surface area (Å²) in [7, 11) is 2.15. The van der Waals surface area contributed by atoms with Crippen LogP contribution in [-0.2, 0) is 4.74 Å². The monoisotopic (exact) mass is 255 g/mol. The van der Waals surface area contributed by atoms with Gasteiger partial charge in [0.15, 0.2) is 0 Å². The fourth-order valence-electron chi connectivity index (χ4n) is 3.78. The summed E-state index contributed by atoms with van der Waals surface area (Å²) >= 11 is 2.10. The minimum absolute atomic E-state index is 0.262. The molecule has 3 aliphatic rings. The Morgan fingerprint density at radius 1 is 1.18 bits per heavy atom. The Labute approximate surface area is 109 Å². The summed E-state index contributed by atoms with van der Waals surface area (Å²) in [6.45, 7) is 1.00. The van der Waals surface area contributed by atoms with Crippen LogP contribution in [0.1, 0.15) is 38.5 Å². The Hall–Kier alpha value is 0.270. The number of thioether (sulfide) groups is 1. The highest BCUT2D eigenvalue weighted by Crippen LogP contribution is 2.45. The third-order valence-electron chi connectivity index (χ3n) is 4.91. The van der Waals surface area contributed by atoms with Crippen LogP contribution >= 0.6 is 11.8 Å². The summed E-state index contributed by atoms with van der Waals surface area (Å²) in [5.41, 5.74) is 0.262. The molecule has 3 rings (SSSR count). The van der Waals surface area contributed by atoms with Crippen molar-refractivity contribution in [3.05, 3.63) is 0 Å². The second-order valence-electron chi connectivity index (χ2n) is 6.05. The molecule has 0 aromatic heterocycles. The average molecular weight is 255 g/mol. The Balaban J connectivity index is 1.65. The van der Waals surface area contributed by atoms with Crippen molar-refractivity contribution in [2.24, 2.45) is 11.8 Å². The summed E-state index contributed by atoms with van der Waals surface area (Å²) in [6, 6.07) is 0.769. The van der Waals surface area contributed by atoms with Crippen molar-refractivity contribution in [1.29, 1.82) is 0 Å². The molecule has 2 atom stereocenters. The predicted molar refractivity (Wildman–Crippen MR) is 73.5 cm³/mol. The van der Waals surface area contributed by atoms with Gasteiger partial charge in [0.05, 0.1) is 5.60 Å². The van der Waals surface area contributed by atoms with Crippen molar-refractivity contribution in [2.45, 2.75) is 50.2 Å². The van der Waals surface area contributed by atoms with E-state index in [0.717, 1.165) is 24.5 Å². The summed E-state index contributed by atoms with van der Waals surface area (Å²) in [4.78, 5) is 0. The lowest BCUT2D eigenvalue weighted by atomic mass is 9.77. The summed E-state index contributed by atoms with van der Waals surface area (Å²) < 4.78 is 6.19. The predicted octanol–water partition coefficient (Wildman–Crippen LogP) is 2.68. The van der Waals surface area contributed by atoms with E-state index in [1.165, 1.54) is 50.0 Å². The van der Waals surface area contributed by atoms with E-state index in [1.54, 1.807) is 0 Å². The van der Waals surface area contributed by atoms with Crippen molar-refractivity contribution < 1.29 is 4.74 Å². The third kappa shape index (κ3) is 2.66.